The lowest BCUT2D eigenvalue weighted by atomic mass is 10.2. The van der Waals surface area contributed by atoms with Crippen molar-refractivity contribution in [2.75, 3.05) is 6.54 Å². The standard InChI is InChI=1S/C18H17NO4/c20-17(19-12-11-18(21)22)10-9-14-5-4-8-16(13-14)23-15-6-2-1-3-7-15/h1-10,13H,11-12H2,(H,19,20)(H,21,22). The van der Waals surface area contributed by atoms with Gasteiger partial charge in [-0.3, -0.25) is 9.59 Å². The fourth-order valence-electron chi connectivity index (χ4n) is 1.83. The summed E-state index contributed by atoms with van der Waals surface area (Å²) in [6, 6.07) is 16.7. The number of benzene rings is 2. The van der Waals surface area contributed by atoms with Gasteiger partial charge in [-0.1, -0.05) is 30.3 Å². The topological polar surface area (TPSA) is 75.6 Å². The lowest BCUT2D eigenvalue weighted by molar-refractivity contribution is -0.136. The highest BCUT2D eigenvalue weighted by atomic mass is 16.5. The van der Waals surface area contributed by atoms with Crippen molar-refractivity contribution in [2.45, 2.75) is 6.42 Å². The predicted molar refractivity (Wildman–Crippen MR) is 87.3 cm³/mol. The van der Waals surface area contributed by atoms with E-state index in [0.29, 0.717) is 5.75 Å². The Morgan fingerprint density at radius 1 is 1.04 bits per heavy atom. The highest BCUT2D eigenvalue weighted by Gasteiger charge is 2.00. The van der Waals surface area contributed by atoms with Crippen LogP contribution in [0.3, 0.4) is 0 Å². The van der Waals surface area contributed by atoms with Crippen LogP contribution < -0.4 is 10.1 Å². The van der Waals surface area contributed by atoms with E-state index in [0.717, 1.165) is 11.3 Å². The number of hydrogen-bond donors (Lipinski definition) is 2. The number of carbonyl (C=O) groups is 2. The molecular formula is C18H17NO4. The zero-order valence-electron chi connectivity index (χ0n) is 12.4. The molecule has 23 heavy (non-hydrogen) atoms. The molecule has 0 atom stereocenters. The summed E-state index contributed by atoms with van der Waals surface area (Å²) in [5.74, 6) is 0.130. The van der Waals surface area contributed by atoms with Crippen LogP contribution in [0.2, 0.25) is 0 Å². The number of carboxylic acid groups (broad SMARTS) is 1. The van der Waals surface area contributed by atoms with Gasteiger partial charge in [-0.25, -0.2) is 0 Å². The summed E-state index contributed by atoms with van der Waals surface area (Å²) < 4.78 is 5.72. The fourth-order valence-corrected chi connectivity index (χ4v) is 1.83. The lowest BCUT2D eigenvalue weighted by Crippen LogP contribution is -2.23. The third-order valence-corrected chi connectivity index (χ3v) is 2.90. The molecule has 5 heteroatoms. The van der Waals surface area contributed by atoms with Crippen LogP contribution in [0.1, 0.15) is 12.0 Å². The molecule has 2 rings (SSSR count). The van der Waals surface area contributed by atoms with Crippen molar-refractivity contribution in [3.8, 4) is 11.5 Å². The quantitative estimate of drug-likeness (QED) is 0.771. The van der Waals surface area contributed by atoms with E-state index in [1.165, 1.54) is 6.08 Å². The first-order valence-electron chi connectivity index (χ1n) is 7.14. The molecule has 2 aromatic carbocycles. The molecule has 0 aliphatic heterocycles. The minimum atomic E-state index is -0.944. The molecule has 0 heterocycles. The Labute approximate surface area is 134 Å². The summed E-state index contributed by atoms with van der Waals surface area (Å²) >= 11 is 0. The average molecular weight is 311 g/mol. The Morgan fingerprint density at radius 2 is 1.78 bits per heavy atom. The van der Waals surface area contributed by atoms with E-state index >= 15 is 0 Å². The maximum Gasteiger partial charge on any atom is 0.305 e. The monoisotopic (exact) mass is 311 g/mol. The highest BCUT2D eigenvalue weighted by Crippen LogP contribution is 2.22. The molecule has 0 saturated carbocycles. The van der Waals surface area contributed by atoms with Crippen molar-refractivity contribution in [3.05, 3.63) is 66.2 Å². The smallest absolute Gasteiger partial charge is 0.305 e. The third-order valence-electron chi connectivity index (χ3n) is 2.90. The highest BCUT2D eigenvalue weighted by molar-refractivity contribution is 5.91. The minimum Gasteiger partial charge on any atom is -0.481 e. The molecule has 118 valence electrons. The van der Waals surface area contributed by atoms with Crippen LogP contribution in [0.15, 0.2) is 60.7 Å². The normalized spacial score (nSPS) is 10.4. The Kier molecular flexibility index (Phi) is 5.94. The second kappa shape index (κ2) is 8.38. The van der Waals surface area contributed by atoms with Gasteiger partial charge in [0, 0.05) is 12.6 Å². The maximum atomic E-state index is 11.6. The molecule has 1 amide bonds. The predicted octanol–water partition coefficient (Wildman–Crippen LogP) is 3.08. The Morgan fingerprint density at radius 3 is 2.52 bits per heavy atom. The van der Waals surface area contributed by atoms with Gasteiger partial charge in [0.1, 0.15) is 11.5 Å². The first kappa shape index (κ1) is 16.3. The van der Waals surface area contributed by atoms with Gasteiger partial charge in [-0.2, -0.15) is 0 Å². The van der Waals surface area contributed by atoms with E-state index in [2.05, 4.69) is 5.32 Å². The summed E-state index contributed by atoms with van der Waals surface area (Å²) in [5, 5.41) is 11.0. The summed E-state index contributed by atoms with van der Waals surface area (Å²) in [4.78, 5) is 21.9. The van der Waals surface area contributed by atoms with Crippen LogP contribution in [0.5, 0.6) is 11.5 Å². The zero-order chi connectivity index (χ0) is 16.5. The minimum absolute atomic E-state index is 0.0972. The van der Waals surface area contributed by atoms with Crippen LogP contribution in [0.4, 0.5) is 0 Å². The number of aliphatic carboxylic acids is 1. The van der Waals surface area contributed by atoms with E-state index < -0.39 is 5.97 Å². The molecule has 0 unspecified atom stereocenters. The third kappa shape index (κ3) is 6.05. The Balaban J connectivity index is 1.93. The Hall–Kier alpha value is -3.08. The molecule has 0 spiro atoms. The molecule has 0 bridgehead atoms. The number of rotatable bonds is 7. The van der Waals surface area contributed by atoms with Crippen molar-refractivity contribution in [1.82, 2.24) is 5.32 Å². The number of ether oxygens (including phenoxy) is 1. The second-order valence-corrected chi connectivity index (χ2v) is 4.76. The van der Waals surface area contributed by atoms with Gasteiger partial charge in [0.25, 0.3) is 0 Å². The molecule has 0 aliphatic carbocycles. The average Bonchev–Trinajstić information content (AvgIpc) is 2.54. The van der Waals surface area contributed by atoms with Crippen LogP contribution in [0, 0.1) is 0 Å². The van der Waals surface area contributed by atoms with Crippen molar-refractivity contribution < 1.29 is 19.4 Å². The van der Waals surface area contributed by atoms with Gasteiger partial charge in [0.05, 0.1) is 6.42 Å². The largest absolute Gasteiger partial charge is 0.481 e. The summed E-state index contributed by atoms with van der Waals surface area (Å²) in [7, 11) is 0. The van der Waals surface area contributed by atoms with E-state index in [1.54, 1.807) is 6.08 Å². The molecule has 5 nitrogen and oxygen atoms in total. The second-order valence-electron chi connectivity index (χ2n) is 4.76. The first-order valence-corrected chi connectivity index (χ1v) is 7.14. The molecule has 0 aromatic heterocycles. The number of amides is 1. The number of carbonyl (C=O) groups excluding carboxylic acids is 1. The van der Waals surface area contributed by atoms with Crippen LogP contribution in [-0.4, -0.2) is 23.5 Å². The van der Waals surface area contributed by atoms with Gasteiger partial charge in [-0.05, 0) is 35.9 Å². The molecule has 0 saturated heterocycles. The number of para-hydroxylation sites is 1. The van der Waals surface area contributed by atoms with Gasteiger partial charge in [0.2, 0.25) is 5.91 Å². The number of nitrogens with one attached hydrogen (secondary N) is 1. The molecule has 0 aliphatic rings. The maximum absolute atomic E-state index is 11.6. The summed E-state index contributed by atoms with van der Waals surface area (Å²) in [5.41, 5.74) is 0.812. The van der Waals surface area contributed by atoms with E-state index in [1.807, 2.05) is 54.6 Å². The fraction of sp³-hybridized carbons (Fsp3) is 0.111. The number of hydrogen-bond acceptors (Lipinski definition) is 3. The Bertz CT molecular complexity index is 695. The van der Waals surface area contributed by atoms with Crippen LogP contribution in [-0.2, 0) is 9.59 Å². The molecular weight excluding hydrogens is 294 g/mol. The molecule has 0 radical (unpaired) electrons. The molecule has 0 fully saturated rings. The van der Waals surface area contributed by atoms with Crippen LogP contribution in [0.25, 0.3) is 6.08 Å². The van der Waals surface area contributed by atoms with Crippen molar-refractivity contribution in [3.63, 3.8) is 0 Å². The molecule has 2 aromatic rings. The first-order chi connectivity index (χ1) is 11.1. The van der Waals surface area contributed by atoms with Gasteiger partial charge in [-0.15, -0.1) is 0 Å². The van der Waals surface area contributed by atoms with E-state index in [4.69, 9.17) is 9.84 Å². The van der Waals surface area contributed by atoms with Crippen molar-refractivity contribution in [1.29, 1.82) is 0 Å². The summed E-state index contributed by atoms with van der Waals surface area (Å²) in [6.45, 7) is 0.107. The van der Waals surface area contributed by atoms with Crippen LogP contribution >= 0.6 is 0 Å². The van der Waals surface area contributed by atoms with Crippen molar-refractivity contribution in [2.24, 2.45) is 0 Å². The molecule has 2 N–H and O–H groups in total. The van der Waals surface area contributed by atoms with Gasteiger partial charge >= 0.3 is 5.97 Å². The van der Waals surface area contributed by atoms with Gasteiger partial charge in [0.15, 0.2) is 0 Å². The SMILES string of the molecule is O=C(O)CCNC(=O)C=Cc1cccc(Oc2ccccc2)c1. The van der Waals surface area contributed by atoms with Gasteiger partial charge < -0.3 is 15.2 Å². The van der Waals surface area contributed by atoms with E-state index in [9.17, 15) is 9.59 Å². The van der Waals surface area contributed by atoms with E-state index in [-0.39, 0.29) is 18.9 Å². The lowest BCUT2D eigenvalue weighted by Gasteiger charge is -2.06. The summed E-state index contributed by atoms with van der Waals surface area (Å²) in [6.07, 6.45) is 2.91. The number of carboxylic acids is 1. The van der Waals surface area contributed by atoms with Crippen molar-refractivity contribution >= 4 is 18.0 Å². The zero-order valence-corrected chi connectivity index (χ0v) is 12.4.